The highest BCUT2D eigenvalue weighted by atomic mass is 32.2. The monoisotopic (exact) mass is 470 g/mol. The molecular formula is C21H18N4O7S. The first-order chi connectivity index (χ1) is 15.8. The maximum atomic E-state index is 12.8. The molecule has 0 saturated carbocycles. The van der Waals surface area contributed by atoms with Crippen LogP contribution in [0.3, 0.4) is 0 Å². The number of carbonyl (C=O) groups is 2. The third-order valence-electron chi connectivity index (χ3n) is 5.21. The molecule has 170 valence electrons. The minimum Gasteiger partial charge on any atom is -0.378 e. The molecule has 2 saturated heterocycles. The zero-order valence-electron chi connectivity index (χ0n) is 17.2. The van der Waals surface area contributed by atoms with Crippen LogP contribution in [-0.4, -0.2) is 52.2 Å². The van der Waals surface area contributed by atoms with Gasteiger partial charge in [0.1, 0.15) is 5.69 Å². The molecule has 0 N–H and O–H groups in total. The molecule has 0 radical (unpaired) electrons. The topological polar surface area (TPSA) is 136 Å². The number of nitrogens with zero attached hydrogens (tertiary/aromatic N) is 4. The van der Waals surface area contributed by atoms with E-state index in [4.69, 9.17) is 4.74 Å². The number of ether oxygens (including phenoxy) is 1. The summed E-state index contributed by atoms with van der Waals surface area (Å²) in [7, 11) is 0. The van der Waals surface area contributed by atoms with Gasteiger partial charge in [0.25, 0.3) is 22.5 Å². The second-order valence-corrected chi connectivity index (χ2v) is 8.29. The van der Waals surface area contributed by atoms with Crippen LogP contribution in [0.5, 0.6) is 0 Å². The molecule has 11 nitrogen and oxygen atoms in total. The van der Waals surface area contributed by atoms with Crippen LogP contribution in [0, 0.1) is 20.2 Å². The summed E-state index contributed by atoms with van der Waals surface area (Å²) in [5, 5.41) is 21.9. The molecule has 0 bridgehead atoms. The summed E-state index contributed by atoms with van der Waals surface area (Å²) in [4.78, 5) is 49.7. The maximum Gasteiger partial charge on any atom is 0.293 e. The Morgan fingerprint density at radius 2 is 1.70 bits per heavy atom. The van der Waals surface area contributed by atoms with Crippen LogP contribution in [0.1, 0.15) is 11.1 Å². The summed E-state index contributed by atoms with van der Waals surface area (Å²) in [6, 6.07) is 10.3. The molecule has 0 aliphatic carbocycles. The first-order valence-electron chi connectivity index (χ1n) is 9.93. The average molecular weight is 470 g/mol. The van der Waals surface area contributed by atoms with E-state index in [0.717, 1.165) is 16.7 Å². The zero-order valence-corrected chi connectivity index (χ0v) is 18.0. The number of nitro groups is 2. The second kappa shape index (κ2) is 9.38. The van der Waals surface area contributed by atoms with Crippen LogP contribution < -0.4 is 4.90 Å². The van der Waals surface area contributed by atoms with E-state index in [1.54, 1.807) is 12.1 Å². The van der Waals surface area contributed by atoms with E-state index in [0.29, 0.717) is 43.1 Å². The summed E-state index contributed by atoms with van der Waals surface area (Å²) < 4.78 is 5.30. The maximum absolute atomic E-state index is 12.8. The van der Waals surface area contributed by atoms with Crippen LogP contribution in [0.2, 0.25) is 0 Å². The highest BCUT2D eigenvalue weighted by Gasteiger charge is 2.35. The number of hydrogen-bond acceptors (Lipinski definition) is 9. The Hall–Kier alpha value is -3.77. The van der Waals surface area contributed by atoms with Crippen molar-refractivity contribution in [2.24, 2.45) is 0 Å². The molecule has 4 rings (SSSR count). The van der Waals surface area contributed by atoms with Gasteiger partial charge in [-0.2, -0.15) is 0 Å². The van der Waals surface area contributed by atoms with Gasteiger partial charge in [-0.25, -0.2) is 0 Å². The molecule has 12 heteroatoms. The summed E-state index contributed by atoms with van der Waals surface area (Å²) in [6.07, 6.45) is 1.46. The smallest absolute Gasteiger partial charge is 0.293 e. The van der Waals surface area contributed by atoms with Crippen molar-refractivity contribution in [2.45, 2.75) is 6.54 Å². The predicted octanol–water partition coefficient (Wildman–Crippen LogP) is 3.58. The van der Waals surface area contributed by atoms with Crippen molar-refractivity contribution in [3.8, 4) is 0 Å². The van der Waals surface area contributed by atoms with Crippen molar-refractivity contribution in [1.29, 1.82) is 0 Å². The lowest BCUT2D eigenvalue weighted by molar-refractivity contribution is -0.384. The van der Waals surface area contributed by atoms with Crippen molar-refractivity contribution in [3.05, 3.63) is 78.7 Å². The molecule has 33 heavy (non-hydrogen) atoms. The Balaban J connectivity index is 1.54. The van der Waals surface area contributed by atoms with Crippen LogP contribution >= 0.6 is 11.8 Å². The summed E-state index contributed by atoms with van der Waals surface area (Å²) in [5.74, 6) is -0.525. The number of carbonyl (C=O) groups excluding carboxylic acids is 2. The standard InChI is InChI=1S/C21H18N4O7S/c26-20-19(33-21(27)23(20)13-14-1-4-16(5-2-14)24(28)29)12-15-3-6-17(18(11-15)25(30)31)22-7-9-32-10-8-22/h1-6,11-12H,7-10,13H2/b19-12-. The molecule has 2 heterocycles. The largest absolute Gasteiger partial charge is 0.378 e. The van der Waals surface area contributed by atoms with E-state index in [2.05, 4.69) is 0 Å². The first kappa shape index (κ1) is 22.4. The molecule has 2 aromatic carbocycles. The van der Waals surface area contributed by atoms with Crippen molar-refractivity contribution in [3.63, 3.8) is 0 Å². The number of benzene rings is 2. The van der Waals surface area contributed by atoms with Crippen LogP contribution in [0.4, 0.5) is 21.9 Å². The molecule has 2 aromatic rings. The Bertz CT molecular complexity index is 1160. The number of nitro benzene ring substituents is 2. The molecule has 0 aromatic heterocycles. The van der Waals surface area contributed by atoms with E-state index in [1.807, 2.05) is 4.90 Å². The number of amides is 2. The molecular weight excluding hydrogens is 452 g/mol. The summed E-state index contributed by atoms with van der Waals surface area (Å²) in [6.45, 7) is 2.03. The van der Waals surface area contributed by atoms with Gasteiger partial charge < -0.3 is 9.64 Å². The van der Waals surface area contributed by atoms with Gasteiger partial charge in [-0.05, 0) is 35.0 Å². The van der Waals surface area contributed by atoms with E-state index < -0.39 is 21.0 Å². The molecule has 0 unspecified atom stereocenters. The third-order valence-corrected chi connectivity index (χ3v) is 6.11. The van der Waals surface area contributed by atoms with Crippen molar-refractivity contribution in [1.82, 2.24) is 4.90 Å². The number of imide groups is 1. The van der Waals surface area contributed by atoms with Gasteiger partial charge in [0.15, 0.2) is 0 Å². The van der Waals surface area contributed by atoms with Crippen molar-refractivity contribution < 1.29 is 24.2 Å². The Labute approximate surface area is 191 Å². The fourth-order valence-corrected chi connectivity index (χ4v) is 4.38. The second-order valence-electron chi connectivity index (χ2n) is 7.30. The van der Waals surface area contributed by atoms with Crippen LogP contribution in [-0.2, 0) is 16.1 Å². The lowest BCUT2D eigenvalue weighted by Gasteiger charge is -2.28. The lowest BCUT2D eigenvalue weighted by atomic mass is 10.1. The quantitative estimate of drug-likeness (QED) is 0.352. The molecule has 0 spiro atoms. The Kier molecular flexibility index (Phi) is 6.38. The number of non-ortho nitro benzene ring substituents is 1. The molecule has 2 aliphatic heterocycles. The number of rotatable bonds is 6. The lowest BCUT2D eigenvalue weighted by Crippen LogP contribution is -2.36. The predicted molar refractivity (Wildman–Crippen MR) is 121 cm³/mol. The summed E-state index contributed by atoms with van der Waals surface area (Å²) in [5.41, 5.74) is 1.30. The fraction of sp³-hybridized carbons (Fsp3) is 0.238. The van der Waals surface area contributed by atoms with Gasteiger partial charge in [0.05, 0.1) is 34.5 Å². The van der Waals surface area contributed by atoms with E-state index in [1.165, 1.54) is 36.4 Å². The molecule has 2 amide bonds. The number of thioether (sulfide) groups is 1. The Morgan fingerprint density at radius 3 is 2.33 bits per heavy atom. The minimum absolute atomic E-state index is 0.0316. The average Bonchev–Trinajstić information content (AvgIpc) is 3.07. The number of morpholine rings is 1. The van der Waals surface area contributed by atoms with Crippen molar-refractivity contribution in [2.75, 3.05) is 31.2 Å². The molecule has 2 aliphatic rings. The highest BCUT2D eigenvalue weighted by molar-refractivity contribution is 8.18. The fourth-order valence-electron chi connectivity index (χ4n) is 3.54. The van der Waals surface area contributed by atoms with Crippen molar-refractivity contribution >= 4 is 46.0 Å². The number of anilines is 1. The molecule has 0 atom stereocenters. The van der Waals surface area contributed by atoms with Gasteiger partial charge >= 0.3 is 0 Å². The molecule has 2 fully saturated rings. The highest BCUT2D eigenvalue weighted by Crippen LogP contribution is 2.35. The zero-order chi connectivity index (χ0) is 23.5. The van der Waals surface area contributed by atoms with E-state index in [9.17, 15) is 29.8 Å². The van der Waals surface area contributed by atoms with Gasteiger partial charge in [0.2, 0.25) is 0 Å². The van der Waals surface area contributed by atoms with E-state index >= 15 is 0 Å². The van der Waals surface area contributed by atoms with Crippen LogP contribution in [0.25, 0.3) is 6.08 Å². The first-order valence-corrected chi connectivity index (χ1v) is 10.7. The minimum atomic E-state index is -0.532. The number of hydrogen-bond donors (Lipinski definition) is 0. The summed E-state index contributed by atoms with van der Waals surface area (Å²) >= 11 is 0.744. The van der Waals surface area contributed by atoms with Gasteiger partial charge in [-0.3, -0.25) is 34.7 Å². The SMILES string of the molecule is O=C1S/C(=C\c2ccc(N3CCOCC3)c([N+](=O)[O-])c2)C(=O)N1Cc1ccc([N+](=O)[O-])cc1. The van der Waals surface area contributed by atoms with Gasteiger partial charge in [-0.1, -0.05) is 18.2 Å². The van der Waals surface area contributed by atoms with Gasteiger partial charge in [0, 0.05) is 31.3 Å². The third kappa shape index (κ3) is 4.86. The Morgan fingerprint density at radius 1 is 1.00 bits per heavy atom. The van der Waals surface area contributed by atoms with Gasteiger partial charge in [-0.15, -0.1) is 0 Å². The van der Waals surface area contributed by atoms with E-state index in [-0.39, 0.29) is 22.8 Å². The van der Waals surface area contributed by atoms with Crippen LogP contribution in [0.15, 0.2) is 47.4 Å². The normalized spacial score (nSPS) is 17.6.